The topological polar surface area (TPSA) is 29.5 Å². The van der Waals surface area contributed by atoms with Gasteiger partial charge in [-0.2, -0.15) is 0 Å². The van der Waals surface area contributed by atoms with Crippen LogP contribution in [0.3, 0.4) is 0 Å². The van der Waals surface area contributed by atoms with Crippen LogP contribution >= 0.6 is 0 Å². The molecule has 100 valence electrons. The number of ether oxygens (including phenoxy) is 1. The summed E-state index contributed by atoms with van der Waals surface area (Å²) in [4.78, 5) is 0. The van der Waals surface area contributed by atoms with Crippen molar-refractivity contribution in [1.29, 1.82) is 0 Å². The Labute approximate surface area is 110 Å². The van der Waals surface area contributed by atoms with Crippen LogP contribution in [0.15, 0.2) is 24.3 Å². The van der Waals surface area contributed by atoms with Crippen molar-refractivity contribution >= 4 is 0 Å². The first-order valence-corrected chi connectivity index (χ1v) is 7.06. The van der Waals surface area contributed by atoms with E-state index >= 15 is 0 Å². The molecule has 1 aromatic rings. The highest BCUT2D eigenvalue weighted by Crippen LogP contribution is 2.38. The van der Waals surface area contributed by atoms with Gasteiger partial charge in [-0.3, -0.25) is 0 Å². The predicted octanol–water partition coefficient (Wildman–Crippen LogP) is 3.95. The highest BCUT2D eigenvalue weighted by Gasteiger charge is 2.26. The van der Waals surface area contributed by atoms with Crippen LogP contribution in [0.1, 0.15) is 50.7 Å². The lowest BCUT2D eigenvalue weighted by Crippen LogP contribution is -2.20. The Hall–Kier alpha value is -1.02. The van der Waals surface area contributed by atoms with Crippen molar-refractivity contribution in [3.8, 4) is 5.75 Å². The zero-order valence-corrected chi connectivity index (χ0v) is 11.4. The van der Waals surface area contributed by atoms with Gasteiger partial charge in [0, 0.05) is 0 Å². The van der Waals surface area contributed by atoms with E-state index in [1.54, 1.807) is 7.11 Å². The van der Waals surface area contributed by atoms with Gasteiger partial charge in [-0.1, -0.05) is 38.3 Å². The number of aliphatic hydroxyl groups is 1. The van der Waals surface area contributed by atoms with E-state index in [1.807, 2.05) is 24.3 Å². The predicted molar refractivity (Wildman–Crippen MR) is 73.7 cm³/mol. The summed E-state index contributed by atoms with van der Waals surface area (Å²) >= 11 is 0. The number of rotatable bonds is 4. The summed E-state index contributed by atoms with van der Waals surface area (Å²) in [5, 5.41) is 10.4. The van der Waals surface area contributed by atoms with E-state index in [0.29, 0.717) is 5.92 Å². The molecule has 1 aliphatic carbocycles. The molecular formula is C16H24O2. The van der Waals surface area contributed by atoms with Crippen LogP contribution in [0.2, 0.25) is 0 Å². The monoisotopic (exact) mass is 248 g/mol. The first-order chi connectivity index (χ1) is 8.74. The molecule has 0 heterocycles. The van der Waals surface area contributed by atoms with Crippen LogP contribution in [-0.2, 0) is 0 Å². The molecule has 1 aliphatic rings. The molecule has 2 nitrogen and oxygen atoms in total. The lowest BCUT2D eigenvalue weighted by molar-refractivity contribution is 0.0729. The fourth-order valence-electron chi connectivity index (χ4n) is 2.99. The standard InChI is InChI=1S/C16H24O2/c1-3-12-4-6-13(7-5-12)16(17)14-8-10-15(18-2)11-9-14/h8-13,16-17H,3-7H2,1-2H3. The number of hydrogen-bond donors (Lipinski definition) is 1. The number of benzene rings is 1. The van der Waals surface area contributed by atoms with Gasteiger partial charge in [0.05, 0.1) is 13.2 Å². The summed E-state index contributed by atoms with van der Waals surface area (Å²) in [7, 11) is 1.66. The van der Waals surface area contributed by atoms with E-state index < -0.39 is 0 Å². The van der Waals surface area contributed by atoms with Crippen molar-refractivity contribution < 1.29 is 9.84 Å². The number of hydrogen-bond acceptors (Lipinski definition) is 2. The van der Waals surface area contributed by atoms with Crippen molar-refractivity contribution in [2.45, 2.75) is 45.1 Å². The minimum atomic E-state index is -0.311. The van der Waals surface area contributed by atoms with Crippen molar-refractivity contribution in [3.63, 3.8) is 0 Å². The minimum Gasteiger partial charge on any atom is -0.497 e. The zero-order chi connectivity index (χ0) is 13.0. The summed E-state index contributed by atoms with van der Waals surface area (Å²) in [6, 6.07) is 7.82. The molecule has 1 aromatic carbocycles. The Morgan fingerprint density at radius 2 is 1.78 bits per heavy atom. The second-order valence-corrected chi connectivity index (χ2v) is 5.41. The summed E-state index contributed by atoms with van der Waals surface area (Å²) in [6.07, 6.45) is 5.83. The average Bonchev–Trinajstić information content (AvgIpc) is 2.47. The van der Waals surface area contributed by atoms with Gasteiger partial charge in [0.15, 0.2) is 0 Å². The molecule has 0 aromatic heterocycles. The van der Waals surface area contributed by atoms with Crippen molar-refractivity contribution in [2.75, 3.05) is 7.11 Å². The van der Waals surface area contributed by atoms with Crippen LogP contribution in [0.5, 0.6) is 5.75 Å². The van der Waals surface area contributed by atoms with Gasteiger partial charge in [-0.25, -0.2) is 0 Å². The SMILES string of the molecule is CCC1CCC(C(O)c2ccc(OC)cc2)CC1. The highest BCUT2D eigenvalue weighted by molar-refractivity contribution is 5.28. The van der Waals surface area contributed by atoms with Gasteiger partial charge >= 0.3 is 0 Å². The molecule has 1 atom stereocenters. The lowest BCUT2D eigenvalue weighted by atomic mass is 9.77. The third-order valence-corrected chi connectivity index (χ3v) is 4.37. The molecule has 1 fully saturated rings. The summed E-state index contributed by atoms with van der Waals surface area (Å²) < 4.78 is 5.14. The van der Waals surface area contributed by atoms with Crippen LogP contribution in [0, 0.1) is 11.8 Å². The van der Waals surface area contributed by atoms with E-state index in [-0.39, 0.29) is 6.10 Å². The number of aliphatic hydroxyl groups excluding tert-OH is 1. The zero-order valence-electron chi connectivity index (χ0n) is 11.4. The van der Waals surface area contributed by atoms with Crippen LogP contribution in [0.25, 0.3) is 0 Å². The maximum atomic E-state index is 10.4. The number of methoxy groups -OCH3 is 1. The Morgan fingerprint density at radius 3 is 2.28 bits per heavy atom. The third-order valence-electron chi connectivity index (χ3n) is 4.37. The van der Waals surface area contributed by atoms with Crippen LogP contribution in [-0.4, -0.2) is 12.2 Å². The Balaban J connectivity index is 1.96. The maximum Gasteiger partial charge on any atom is 0.118 e. The first-order valence-electron chi connectivity index (χ1n) is 7.06. The molecule has 0 bridgehead atoms. The van der Waals surface area contributed by atoms with Crippen molar-refractivity contribution in [2.24, 2.45) is 11.8 Å². The Kier molecular flexibility index (Phi) is 4.65. The molecule has 0 saturated heterocycles. The normalized spacial score (nSPS) is 25.7. The van der Waals surface area contributed by atoms with Gasteiger partial charge in [-0.15, -0.1) is 0 Å². The Bertz CT molecular complexity index is 350. The average molecular weight is 248 g/mol. The second kappa shape index (κ2) is 6.24. The maximum absolute atomic E-state index is 10.4. The molecule has 0 amide bonds. The van der Waals surface area contributed by atoms with E-state index in [4.69, 9.17) is 4.74 Å². The fraction of sp³-hybridized carbons (Fsp3) is 0.625. The largest absolute Gasteiger partial charge is 0.497 e. The van der Waals surface area contributed by atoms with Gasteiger partial charge in [-0.05, 0) is 42.4 Å². The first kappa shape index (κ1) is 13.4. The smallest absolute Gasteiger partial charge is 0.118 e. The summed E-state index contributed by atoms with van der Waals surface area (Å²) in [6.45, 7) is 2.27. The molecule has 2 heteroatoms. The van der Waals surface area contributed by atoms with E-state index in [1.165, 1.54) is 19.3 Å². The van der Waals surface area contributed by atoms with E-state index in [0.717, 1.165) is 30.1 Å². The molecule has 0 radical (unpaired) electrons. The molecule has 2 rings (SSSR count). The third kappa shape index (κ3) is 3.05. The van der Waals surface area contributed by atoms with Crippen LogP contribution in [0.4, 0.5) is 0 Å². The summed E-state index contributed by atoms with van der Waals surface area (Å²) in [5.74, 6) is 2.16. The molecule has 1 N–H and O–H groups in total. The van der Waals surface area contributed by atoms with E-state index in [9.17, 15) is 5.11 Å². The molecule has 0 spiro atoms. The lowest BCUT2D eigenvalue weighted by Gasteiger charge is -2.31. The molecule has 1 saturated carbocycles. The quantitative estimate of drug-likeness (QED) is 0.874. The van der Waals surface area contributed by atoms with E-state index in [2.05, 4.69) is 6.92 Å². The highest BCUT2D eigenvalue weighted by atomic mass is 16.5. The molecule has 18 heavy (non-hydrogen) atoms. The molecular weight excluding hydrogens is 224 g/mol. The minimum absolute atomic E-state index is 0.311. The van der Waals surface area contributed by atoms with Gasteiger partial charge in [0.1, 0.15) is 5.75 Å². The summed E-state index contributed by atoms with van der Waals surface area (Å²) in [5.41, 5.74) is 1.02. The van der Waals surface area contributed by atoms with Gasteiger partial charge in [0.2, 0.25) is 0 Å². The fourth-order valence-corrected chi connectivity index (χ4v) is 2.99. The second-order valence-electron chi connectivity index (χ2n) is 5.41. The van der Waals surface area contributed by atoms with Gasteiger partial charge < -0.3 is 9.84 Å². The molecule has 0 aliphatic heterocycles. The van der Waals surface area contributed by atoms with Gasteiger partial charge in [0.25, 0.3) is 0 Å². The van der Waals surface area contributed by atoms with Crippen molar-refractivity contribution in [1.82, 2.24) is 0 Å². The van der Waals surface area contributed by atoms with Crippen LogP contribution < -0.4 is 4.74 Å². The molecule has 1 unspecified atom stereocenters. The Morgan fingerprint density at radius 1 is 1.17 bits per heavy atom. The van der Waals surface area contributed by atoms with Crippen molar-refractivity contribution in [3.05, 3.63) is 29.8 Å².